The molecule has 0 aliphatic carbocycles. The summed E-state index contributed by atoms with van der Waals surface area (Å²) >= 11 is 0. The molecule has 0 bridgehead atoms. The molecule has 3 aromatic rings. The van der Waals surface area contributed by atoms with Crippen LogP contribution in [0.3, 0.4) is 0 Å². The van der Waals surface area contributed by atoms with Crippen molar-refractivity contribution >= 4 is 16.9 Å². The third-order valence-electron chi connectivity index (χ3n) is 4.68. The number of para-hydroxylation sites is 2. The van der Waals surface area contributed by atoms with Crippen molar-refractivity contribution in [2.24, 2.45) is 5.92 Å². The highest BCUT2D eigenvalue weighted by Gasteiger charge is 2.11. The Morgan fingerprint density at radius 2 is 1.74 bits per heavy atom. The van der Waals surface area contributed by atoms with Gasteiger partial charge in [-0.3, -0.25) is 4.79 Å². The van der Waals surface area contributed by atoms with Gasteiger partial charge in [-0.05, 0) is 43.0 Å². The van der Waals surface area contributed by atoms with E-state index in [1.54, 1.807) is 0 Å². The molecule has 0 radical (unpaired) electrons. The number of imidazole rings is 1. The molecule has 1 amide bonds. The number of fused-ring (bicyclic) bond motifs is 1. The van der Waals surface area contributed by atoms with Crippen LogP contribution in [-0.2, 0) is 13.0 Å². The molecule has 1 N–H and O–H groups in total. The summed E-state index contributed by atoms with van der Waals surface area (Å²) in [7, 11) is 0. The Bertz CT molecular complexity index is 868. The van der Waals surface area contributed by atoms with Gasteiger partial charge in [0, 0.05) is 25.1 Å². The number of hydrogen-bond donors (Lipinski definition) is 1. The molecule has 27 heavy (non-hydrogen) atoms. The molecule has 1 aromatic heterocycles. The molecule has 0 spiro atoms. The Morgan fingerprint density at radius 3 is 2.52 bits per heavy atom. The summed E-state index contributed by atoms with van der Waals surface area (Å²) in [6.45, 7) is 6.21. The SMILES string of the molecule is CC(C)Cn1c(CCCCCNC(=O)c2ccccc2)nc2ccccc21. The Morgan fingerprint density at radius 1 is 1.00 bits per heavy atom. The number of amides is 1. The summed E-state index contributed by atoms with van der Waals surface area (Å²) in [5.41, 5.74) is 3.04. The second-order valence-electron chi connectivity index (χ2n) is 7.45. The second kappa shape index (κ2) is 9.36. The number of nitrogens with one attached hydrogen (secondary N) is 1. The number of benzene rings is 2. The highest BCUT2D eigenvalue weighted by Crippen LogP contribution is 2.19. The quantitative estimate of drug-likeness (QED) is 0.553. The number of unbranched alkanes of at least 4 members (excludes halogenated alkanes) is 2. The largest absolute Gasteiger partial charge is 0.352 e. The Balaban J connectivity index is 1.47. The van der Waals surface area contributed by atoms with Gasteiger partial charge in [-0.1, -0.05) is 50.6 Å². The molecule has 142 valence electrons. The lowest BCUT2D eigenvalue weighted by Gasteiger charge is -2.12. The van der Waals surface area contributed by atoms with E-state index in [-0.39, 0.29) is 5.91 Å². The van der Waals surface area contributed by atoms with E-state index in [0.717, 1.165) is 49.9 Å². The number of aromatic nitrogens is 2. The fourth-order valence-electron chi connectivity index (χ4n) is 3.36. The fourth-order valence-corrected chi connectivity index (χ4v) is 3.36. The highest BCUT2D eigenvalue weighted by molar-refractivity contribution is 5.94. The van der Waals surface area contributed by atoms with E-state index in [0.29, 0.717) is 5.92 Å². The van der Waals surface area contributed by atoms with Crippen LogP contribution in [-0.4, -0.2) is 22.0 Å². The van der Waals surface area contributed by atoms with Crippen molar-refractivity contribution in [3.05, 3.63) is 66.0 Å². The lowest BCUT2D eigenvalue weighted by atomic mass is 10.1. The zero-order valence-corrected chi connectivity index (χ0v) is 16.3. The van der Waals surface area contributed by atoms with Crippen molar-refractivity contribution in [3.63, 3.8) is 0 Å². The number of aryl methyl sites for hydroxylation is 1. The number of carbonyl (C=O) groups is 1. The third-order valence-corrected chi connectivity index (χ3v) is 4.68. The molecule has 4 heteroatoms. The molecule has 4 nitrogen and oxygen atoms in total. The maximum atomic E-state index is 12.0. The molecule has 0 saturated heterocycles. The first kappa shape index (κ1) is 19.2. The summed E-state index contributed by atoms with van der Waals surface area (Å²) in [5, 5.41) is 3.00. The van der Waals surface area contributed by atoms with Gasteiger partial charge in [0.1, 0.15) is 5.82 Å². The monoisotopic (exact) mass is 363 g/mol. The number of nitrogens with zero attached hydrogens (tertiary/aromatic N) is 2. The van der Waals surface area contributed by atoms with Crippen LogP contribution in [0.2, 0.25) is 0 Å². The standard InChI is InChI=1S/C23H29N3O/c1-18(2)17-26-21-14-9-8-13-20(21)25-22(26)15-7-4-10-16-24-23(27)19-11-5-3-6-12-19/h3,5-6,8-9,11-14,18H,4,7,10,15-17H2,1-2H3,(H,24,27). The maximum absolute atomic E-state index is 12.0. The Kier molecular flexibility index (Phi) is 6.64. The van der Waals surface area contributed by atoms with Crippen LogP contribution < -0.4 is 5.32 Å². The van der Waals surface area contributed by atoms with E-state index in [9.17, 15) is 4.79 Å². The second-order valence-corrected chi connectivity index (χ2v) is 7.45. The summed E-state index contributed by atoms with van der Waals surface area (Å²) in [4.78, 5) is 16.9. The van der Waals surface area contributed by atoms with E-state index < -0.39 is 0 Å². The molecule has 2 aromatic carbocycles. The van der Waals surface area contributed by atoms with E-state index >= 15 is 0 Å². The predicted octanol–water partition coefficient (Wildman–Crippen LogP) is 4.84. The number of carbonyl (C=O) groups excluding carboxylic acids is 1. The molecular weight excluding hydrogens is 334 g/mol. The molecule has 0 aliphatic rings. The van der Waals surface area contributed by atoms with Gasteiger partial charge >= 0.3 is 0 Å². The van der Waals surface area contributed by atoms with Gasteiger partial charge < -0.3 is 9.88 Å². The van der Waals surface area contributed by atoms with Crippen LogP contribution in [0.4, 0.5) is 0 Å². The molecule has 0 aliphatic heterocycles. The highest BCUT2D eigenvalue weighted by atomic mass is 16.1. The van der Waals surface area contributed by atoms with Gasteiger partial charge in [0.05, 0.1) is 11.0 Å². The van der Waals surface area contributed by atoms with Crippen LogP contribution in [0.1, 0.15) is 49.3 Å². The minimum atomic E-state index is 0.00864. The molecule has 3 rings (SSSR count). The van der Waals surface area contributed by atoms with Crippen LogP contribution >= 0.6 is 0 Å². The first-order valence-corrected chi connectivity index (χ1v) is 9.92. The molecular formula is C23H29N3O. The van der Waals surface area contributed by atoms with Gasteiger partial charge in [0.25, 0.3) is 5.91 Å². The summed E-state index contributed by atoms with van der Waals surface area (Å²) < 4.78 is 2.37. The number of rotatable bonds is 9. The molecule has 0 unspecified atom stereocenters. The van der Waals surface area contributed by atoms with E-state index in [1.807, 2.05) is 36.4 Å². The van der Waals surface area contributed by atoms with Crippen molar-refractivity contribution in [1.82, 2.24) is 14.9 Å². The molecule has 0 fully saturated rings. The molecule has 1 heterocycles. The van der Waals surface area contributed by atoms with Crippen molar-refractivity contribution in [3.8, 4) is 0 Å². The molecule has 0 atom stereocenters. The molecule has 0 saturated carbocycles. The third kappa shape index (κ3) is 5.19. The first-order chi connectivity index (χ1) is 13.1. The summed E-state index contributed by atoms with van der Waals surface area (Å²) in [5.74, 6) is 1.78. The maximum Gasteiger partial charge on any atom is 0.251 e. The average Bonchev–Trinajstić information content (AvgIpc) is 3.02. The summed E-state index contributed by atoms with van der Waals surface area (Å²) in [6.07, 6.45) is 4.14. The van der Waals surface area contributed by atoms with Gasteiger partial charge in [-0.25, -0.2) is 4.98 Å². The fraction of sp³-hybridized carbons (Fsp3) is 0.391. The minimum Gasteiger partial charge on any atom is -0.352 e. The lowest BCUT2D eigenvalue weighted by Crippen LogP contribution is -2.24. The Hall–Kier alpha value is -2.62. The Labute approximate surface area is 161 Å². The van der Waals surface area contributed by atoms with E-state index in [1.165, 1.54) is 11.3 Å². The zero-order chi connectivity index (χ0) is 19.1. The summed E-state index contributed by atoms with van der Waals surface area (Å²) in [6, 6.07) is 17.8. The van der Waals surface area contributed by atoms with E-state index in [4.69, 9.17) is 4.98 Å². The average molecular weight is 364 g/mol. The first-order valence-electron chi connectivity index (χ1n) is 9.92. The van der Waals surface area contributed by atoms with Gasteiger partial charge in [0.15, 0.2) is 0 Å². The smallest absolute Gasteiger partial charge is 0.251 e. The zero-order valence-electron chi connectivity index (χ0n) is 16.3. The normalized spacial score (nSPS) is 11.2. The van der Waals surface area contributed by atoms with Crippen LogP contribution in [0.5, 0.6) is 0 Å². The topological polar surface area (TPSA) is 46.9 Å². The predicted molar refractivity (Wildman–Crippen MR) is 111 cm³/mol. The minimum absolute atomic E-state index is 0.00864. The van der Waals surface area contributed by atoms with Gasteiger partial charge in [0.2, 0.25) is 0 Å². The van der Waals surface area contributed by atoms with Crippen molar-refractivity contribution in [2.45, 2.75) is 46.1 Å². The lowest BCUT2D eigenvalue weighted by molar-refractivity contribution is 0.0953. The van der Waals surface area contributed by atoms with Gasteiger partial charge in [-0.15, -0.1) is 0 Å². The van der Waals surface area contributed by atoms with Crippen LogP contribution in [0.25, 0.3) is 11.0 Å². The van der Waals surface area contributed by atoms with Gasteiger partial charge in [-0.2, -0.15) is 0 Å². The van der Waals surface area contributed by atoms with E-state index in [2.05, 4.69) is 41.9 Å². The van der Waals surface area contributed by atoms with Crippen molar-refractivity contribution < 1.29 is 4.79 Å². The van der Waals surface area contributed by atoms with Crippen LogP contribution in [0.15, 0.2) is 54.6 Å². The van der Waals surface area contributed by atoms with Crippen LogP contribution in [0, 0.1) is 5.92 Å². The van der Waals surface area contributed by atoms with Crippen molar-refractivity contribution in [1.29, 1.82) is 0 Å². The van der Waals surface area contributed by atoms with Crippen molar-refractivity contribution in [2.75, 3.05) is 6.54 Å². The number of hydrogen-bond acceptors (Lipinski definition) is 2.